The number of benzene rings is 1. The molecule has 0 radical (unpaired) electrons. The fourth-order valence-electron chi connectivity index (χ4n) is 1.56. The molecule has 3 N–H and O–H groups in total. The Balaban J connectivity index is 2.02. The lowest BCUT2D eigenvalue weighted by Crippen LogP contribution is -2.32. The maximum absolute atomic E-state index is 9.68. The van der Waals surface area contributed by atoms with Gasteiger partial charge >= 0.3 is 0 Å². The molecule has 0 amide bonds. The second-order valence-electron chi connectivity index (χ2n) is 4.47. The molecule has 0 aliphatic carbocycles. The number of nitrogens with one attached hydrogen (secondary N) is 1. The van der Waals surface area contributed by atoms with Gasteiger partial charge in [0.05, 0.1) is 6.10 Å². The van der Waals surface area contributed by atoms with E-state index in [1.807, 2.05) is 30.3 Å². The largest absolute Gasteiger partial charge is 0.491 e. The zero-order chi connectivity index (χ0) is 13.2. The average Bonchev–Trinajstić information content (AvgIpc) is 2.37. The van der Waals surface area contributed by atoms with Crippen LogP contribution in [0.1, 0.15) is 19.8 Å². The summed E-state index contributed by atoms with van der Waals surface area (Å²) < 4.78 is 5.43. The summed E-state index contributed by atoms with van der Waals surface area (Å²) in [6, 6.07) is 9.45. The highest BCUT2D eigenvalue weighted by atomic mass is 16.5. The van der Waals surface area contributed by atoms with Gasteiger partial charge in [-0.25, -0.2) is 0 Å². The highest BCUT2D eigenvalue weighted by Crippen LogP contribution is 2.08. The van der Waals surface area contributed by atoms with Crippen molar-refractivity contribution in [1.82, 2.24) is 5.32 Å². The minimum absolute atomic E-state index is 0.252. The van der Waals surface area contributed by atoms with Crippen LogP contribution in [-0.2, 0) is 0 Å². The van der Waals surface area contributed by atoms with Crippen LogP contribution in [-0.4, -0.2) is 42.1 Å². The van der Waals surface area contributed by atoms with Crippen molar-refractivity contribution >= 4 is 0 Å². The standard InChI is InChI=1S/C14H23NO3/c1-12(16)6-5-9-15-10-13(17)11-18-14-7-3-2-4-8-14/h2-4,7-8,12-13,15-17H,5-6,9-11H2,1H3. The SMILES string of the molecule is CC(O)CCCNCC(O)COc1ccccc1. The Bertz CT molecular complexity index is 303. The molecule has 0 spiro atoms. The van der Waals surface area contributed by atoms with Crippen molar-refractivity contribution in [2.45, 2.75) is 32.0 Å². The number of aliphatic hydroxyl groups is 2. The third-order valence-corrected chi connectivity index (χ3v) is 2.54. The quantitative estimate of drug-likeness (QED) is 0.578. The van der Waals surface area contributed by atoms with Gasteiger partial charge in [-0.3, -0.25) is 0 Å². The first-order valence-electron chi connectivity index (χ1n) is 6.43. The van der Waals surface area contributed by atoms with Gasteiger partial charge in [0.25, 0.3) is 0 Å². The minimum atomic E-state index is -0.517. The Kier molecular flexibility index (Phi) is 7.41. The predicted molar refractivity (Wildman–Crippen MR) is 71.7 cm³/mol. The minimum Gasteiger partial charge on any atom is -0.491 e. The number of hydrogen-bond donors (Lipinski definition) is 3. The number of para-hydroxylation sites is 1. The zero-order valence-electron chi connectivity index (χ0n) is 10.9. The third kappa shape index (κ3) is 7.27. The summed E-state index contributed by atoms with van der Waals surface area (Å²) in [7, 11) is 0. The first-order valence-corrected chi connectivity index (χ1v) is 6.43. The van der Waals surface area contributed by atoms with Crippen LogP contribution in [0.25, 0.3) is 0 Å². The summed E-state index contributed by atoms with van der Waals surface area (Å²) in [5.41, 5.74) is 0. The van der Waals surface area contributed by atoms with Crippen molar-refractivity contribution in [1.29, 1.82) is 0 Å². The summed E-state index contributed by atoms with van der Waals surface area (Å²) >= 11 is 0. The molecule has 1 rings (SSSR count). The van der Waals surface area contributed by atoms with E-state index in [0.29, 0.717) is 6.54 Å². The van der Waals surface area contributed by atoms with Crippen LogP contribution in [0.5, 0.6) is 5.75 Å². The molecule has 4 nitrogen and oxygen atoms in total. The molecule has 0 fully saturated rings. The molecule has 0 aromatic heterocycles. The van der Waals surface area contributed by atoms with Crippen LogP contribution in [0.3, 0.4) is 0 Å². The fourth-order valence-corrected chi connectivity index (χ4v) is 1.56. The van der Waals surface area contributed by atoms with E-state index in [-0.39, 0.29) is 12.7 Å². The second kappa shape index (κ2) is 8.91. The Hall–Kier alpha value is -1.10. The van der Waals surface area contributed by atoms with E-state index in [1.165, 1.54) is 0 Å². The topological polar surface area (TPSA) is 61.7 Å². The van der Waals surface area contributed by atoms with Gasteiger partial charge in [0, 0.05) is 6.54 Å². The number of ether oxygens (including phenoxy) is 1. The van der Waals surface area contributed by atoms with E-state index in [2.05, 4.69) is 5.32 Å². The van der Waals surface area contributed by atoms with Gasteiger partial charge in [-0.2, -0.15) is 0 Å². The van der Waals surface area contributed by atoms with Gasteiger partial charge in [0.2, 0.25) is 0 Å². The van der Waals surface area contributed by atoms with Crippen molar-refractivity contribution in [3.8, 4) is 5.75 Å². The van der Waals surface area contributed by atoms with Gasteiger partial charge in [-0.15, -0.1) is 0 Å². The number of rotatable bonds is 9. The van der Waals surface area contributed by atoms with E-state index in [1.54, 1.807) is 6.92 Å². The average molecular weight is 253 g/mol. The summed E-state index contributed by atoms with van der Waals surface area (Å²) in [4.78, 5) is 0. The molecule has 2 unspecified atom stereocenters. The van der Waals surface area contributed by atoms with Crippen molar-refractivity contribution in [2.75, 3.05) is 19.7 Å². The number of hydrogen-bond acceptors (Lipinski definition) is 4. The Labute approximate surface area is 109 Å². The zero-order valence-corrected chi connectivity index (χ0v) is 10.9. The monoisotopic (exact) mass is 253 g/mol. The van der Waals surface area contributed by atoms with Crippen molar-refractivity contribution < 1.29 is 14.9 Å². The molecule has 0 bridgehead atoms. The van der Waals surface area contributed by atoms with Crippen molar-refractivity contribution in [3.05, 3.63) is 30.3 Å². The predicted octanol–water partition coefficient (Wildman–Crippen LogP) is 1.18. The summed E-state index contributed by atoms with van der Waals surface area (Å²) in [6.45, 7) is 3.37. The molecular weight excluding hydrogens is 230 g/mol. The molecule has 18 heavy (non-hydrogen) atoms. The van der Waals surface area contributed by atoms with Crippen LogP contribution < -0.4 is 10.1 Å². The van der Waals surface area contributed by atoms with Crippen LogP contribution in [0.2, 0.25) is 0 Å². The Morgan fingerprint density at radius 1 is 1.22 bits per heavy atom. The maximum Gasteiger partial charge on any atom is 0.119 e. The molecule has 0 heterocycles. The highest BCUT2D eigenvalue weighted by Gasteiger charge is 2.04. The third-order valence-electron chi connectivity index (χ3n) is 2.54. The maximum atomic E-state index is 9.68. The van der Waals surface area contributed by atoms with Gasteiger partial charge in [0.15, 0.2) is 0 Å². The summed E-state index contributed by atoms with van der Waals surface area (Å²) in [5, 5.41) is 21.9. The highest BCUT2D eigenvalue weighted by molar-refractivity contribution is 5.20. The van der Waals surface area contributed by atoms with Crippen molar-refractivity contribution in [3.63, 3.8) is 0 Å². The van der Waals surface area contributed by atoms with Gasteiger partial charge in [0.1, 0.15) is 18.5 Å². The first-order chi connectivity index (χ1) is 8.68. The Morgan fingerprint density at radius 2 is 1.94 bits per heavy atom. The number of aliphatic hydroxyl groups excluding tert-OH is 2. The first kappa shape index (κ1) is 15.0. The van der Waals surface area contributed by atoms with Crippen molar-refractivity contribution in [2.24, 2.45) is 0 Å². The molecule has 2 atom stereocenters. The molecule has 0 aliphatic heterocycles. The molecule has 1 aromatic rings. The summed E-state index contributed by atoms with van der Waals surface area (Å²) in [6.07, 6.45) is 0.919. The summed E-state index contributed by atoms with van der Waals surface area (Å²) in [5.74, 6) is 0.769. The van der Waals surface area contributed by atoms with Gasteiger partial charge in [-0.1, -0.05) is 18.2 Å². The van der Waals surface area contributed by atoms with Gasteiger partial charge < -0.3 is 20.3 Å². The van der Waals surface area contributed by atoms with Crippen LogP contribution in [0.15, 0.2) is 30.3 Å². The lowest BCUT2D eigenvalue weighted by molar-refractivity contribution is 0.106. The molecule has 4 heteroatoms. The van der Waals surface area contributed by atoms with Crippen LogP contribution >= 0.6 is 0 Å². The van der Waals surface area contributed by atoms with Crippen LogP contribution in [0, 0.1) is 0 Å². The Morgan fingerprint density at radius 3 is 2.61 bits per heavy atom. The van der Waals surface area contributed by atoms with E-state index < -0.39 is 6.10 Å². The van der Waals surface area contributed by atoms with E-state index in [4.69, 9.17) is 9.84 Å². The molecule has 102 valence electrons. The molecule has 0 saturated heterocycles. The second-order valence-corrected chi connectivity index (χ2v) is 4.47. The van der Waals surface area contributed by atoms with Crippen LogP contribution in [0.4, 0.5) is 0 Å². The lowest BCUT2D eigenvalue weighted by Gasteiger charge is -2.13. The fraction of sp³-hybridized carbons (Fsp3) is 0.571. The van der Waals surface area contributed by atoms with Gasteiger partial charge in [-0.05, 0) is 38.4 Å². The lowest BCUT2D eigenvalue weighted by atomic mass is 10.2. The molecular formula is C14H23NO3. The molecule has 0 saturated carbocycles. The van der Waals surface area contributed by atoms with E-state index in [9.17, 15) is 5.11 Å². The smallest absolute Gasteiger partial charge is 0.119 e. The normalized spacial score (nSPS) is 14.2. The molecule has 0 aliphatic rings. The van der Waals surface area contributed by atoms with E-state index in [0.717, 1.165) is 25.1 Å². The molecule has 1 aromatic carbocycles. The van der Waals surface area contributed by atoms with E-state index >= 15 is 0 Å².